The molecule has 0 saturated heterocycles. The first-order chi connectivity index (χ1) is 17.1. The number of aryl methyl sites for hydroxylation is 1. The molecule has 36 heavy (non-hydrogen) atoms. The lowest BCUT2D eigenvalue weighted by Gasteiger charge is -2.19. The van der Waals surface area contributed by atoms with Gasteiger partial charge in [-0.25, -0.2) is 4.98 Å². The molecule has 190 valence electrons. The number of ketones is 2. The predicted octanol–water partition coefficient (Wildman–Crippen LogP) is 6.62. The number of anilines is 3. The Balaban J connectivity index is 1.69. The molecule has 0 fully saturated rings. The van der Waals surface area contributed by atoms with Gasteiger partial charge in [0.05, 0.1) is 23.6 Å². The summed E-state index contributed by atoms with van der Waals surface area (Å²) in [6.45, 7) is 12.4. The van der Waals surface area contributed by atoms with E-state index >= 15 is 0 Å². The van der Waals surface area contributed by atoms with Gasteiger partial charge in [-0.2, -0.15) is 0 Å². The molecule has 0 aliphatic carbocycles. The quantitative estimate of drug-likeness (QED) is 0.172. The fraction of sp³-hybridized carbons (Fsp3) is 0.357. The maximum absolute atomic E-state index is 12.9. The van der Waals surface area contributed by atoms with Gasteiger partial charge in [0, 0.05) is 11.4 Å². The van der Waals surface area contributed by atoms with Gasteiger partial charge in [0.2, 0.25) is 5.78 Å². The molecule has 7 nitrogen and oxygen atoms in total. The molecule has 0 radical (unpaired) electrons. The first-order valence-corrected chi connectivity index (χ1v) is 12.9. The van der Waals surface area contributed by atoms with Crippen molar-refractivity contribution in [2.45, 2.75) is 59.8 Å². The molecular weight excluding hydrogens is 474 g/mol. The van der Waals surface area contributed by atoms with Crippen molar-refractivity contribution >= 4 is 45.3 Å². The molecule has 3 rings (SSSR count). The Labute approximate surface area is 216 Å². The number of thiazole rings is 1. The van der Waals surface area contributed by atoms with Gasteiger partial charge < -0.3 is 15.4 Å². The number of carbonyl (C=O) groups excluding carboxylic acids is 3. The maximum atomic E-state index is 12.9. The average molecular weight is 508 g/mol. The largest absolute Gasteiger partial charge is 0.494 e. The second kappa shape index (κ2) is 11.9. The van der Waals surface area contributed by atoms with Crippen LogP contribution < -0.4 is 15.4 Å². The smallest absolute Gasteiger partial charge is 0.292 e. The van der Waals surface area contributed by atoms with E-state index < -0.39 is 23.9 Å². The Morgan fingerprint density at radius 2 is 1.58 bits per heavy atom. The molecule has 0 bridgehead atoms. The first kappa shape index (κ1) is 27.1. The normalized spacial score (nSPS) is 11.0. The summed E-state index contributed by atoms with van der Waals surface area (Å²) < 4.78 is 5.45. The van der Waals surface area contributed by atoms with E-state index in [4.69, 9.17) is 4.74 Å². The van der Waals surface area contributed by atoms with Gasteiger partial charge in [-0.05, 0) is 61.1 Å². The second-order valence-corrected chi connectivity index (χ2v) is 10.1. The summed E-state index contributed by atoms with van der Waals surface area (Å²) in [4.78, 5) is 43.2. The number of benzene rings is 2. The molecule has 1 aromatic heterocycles. The summed E-state index contributed by atoms with van der Waals surface area (Å²) >= 11 is 1.16. The molecule has 3 aromatic rings. The Bertz CT molecular complexity index is 1220. The molecule has 0 saturated carbocycles. The Kier molecular flexibility index (Phi) is 8.98. The number of hydrogen-bond acceptors (Lipinski definition) is 7. The zero-order valence-electron chi connectivity index (χ0n) is 21.6. The maximum Gasteiger partial charge on any atom is 0.292 e. The minimum Gasteiger partial charge on any atom is -0.494 e. The monoisotopic (exact) mass is 507 g/mol. The van der Waals surface area contributed by atoms with Gasteiger partial charge in [-0.1, -0.05) is 57.2 Å². The van der Waals surface area contributed by atoms with Crippen LogP contribution in [0.5, 0.6) is 5.75 Å². The topological polar surface area (TPSA) is 97.4 Å². The van der Waals surface area contributed by atoms with Gasteiger partial charge >= 0.3 is 0 Å². The van der Waals surface area contributed by atoms with Crippen molar-refractivity contribution in [2.24, 2.45) is 0 Å². The third-order valence-corrected chi connectivity index (χ3v) is 6.77. The third kappa shape index (κ3) is 6.57. The molecule has 0 aliphatic heterocycles. The number of ether oxygens (including phenoxy) is 1. The van der Waals surface area contributed by atoms with Crippen LogP contribution in [-0.2, 0) is 9.59 Å². The van der Waals surface area contributed by atoms with Crippen LogP contribution in [0.15, 0.2) is 42.5 Å². The summed E-state index contributed by atoms with van der Waals surface area (Å²) in [6.07, 6.45) is -0.516. The van der Waals surface area contributed by atoms with Gasteiger partial charge in [0.15, 0.2) is 10.9 Å². The van der Waals surface area contributed by atoms with Gasteiger partial charge in [0.25, 0.3) is 5.91 Å². The molecule has 0 spiro atoms. The number of carbonyl (C=O) groups is 3. The fourth-order valence-corrected chi connectivity index (χ4v) is 4.74. The summed E-state index contributed by atoms with van der Waals surface area (Å²) in [7, 11) is 0. The lowest BCUT2D eigenvalue weighted by atomic mass is 9.92. The van der Waals surface area contributed by atoms with Crippen LogP contribution in [0.25, 0.3) is 0 Å². The van der Waals surface area contributed by atoms with Crippen molar-refractivity contribution in [2.75, 3.05) is 17.2 Å². The SMILES string of the molecule is CCOc1ccc(Nc2nc(C)c(C(=O)CC(=O)C(=O)Nc3c(C(C)C)cccc3C(C)C)s2)cc1. The lowest BCUT2D eigenvalue weighted by Crippen LogP contribution is -2.26. The number of amides is 1. The average Bonchev–Trinajstić information content (AvgIpc) is 3.20. The van der Waals surface area contributed by atoms with Crippen molar-refractivity contribution in [3.05, 3.63) is 64.2 Å². The van der Waals surface area contributed by atoms with Crippen molar-refractivity contribution in [3.8, 4) is 5.75 Å². The first-order valence-electron chi connectivity index (χ1n) is 12.1. The Hall–Kier alpha value is -3.52. The van der Waals surface area contributed by atoms with Gasteiger partial charge in [-0.3, -0.25) is 14.4 Å². The van der Waals surface area contributed by atoms with Crippen LogP contribution in [0.1, 0.15) is 79.4 Å². The number of hydrogen-bond donors (Lipinski definition) is 2. The van der Waals surface area contributed by atoms with Crippen molar-refractivity contribution in [3.63, 3.8) is 0 Å². The van der Waals surface area contributed by atoms with E-state index in [1.165, 1.54) is 0 Å². The van der Waals surface area contributed by atoms with E-state index in [9.17, 15) is 14.4 Å². The van der Waals surface area contributed by atoms with Crippen molar-refractivity contribution < 1.29 is 19.1 Å². The Morgan fingerprint density at radius 1 is 0.972 bits per heavy atom. The molecule has 1 heterocycles. The number of para-hydroxylation sites is 1. The molecule has 0 aliphatic rings. The predicted molar refractivity (Wildman–Crippen MR) is 145 cm³/mol. The standard InChI is InChI=1S/C28H33N3O4S/c1-7-35-20-13-11-19(12-14-20)30-28-29-18(6)26(36-28)23(32)15-24(33)27(34)31-25-21(16(2)3)9-8-10-22(25)17(4)5/h8-14,16-17H,7,15H2,1-6H3,(H,29,30)(H,31,34). The Morgan fingerprint density at radius 3 is 2.14 bits per heavy atom. The summed E-state index contributed by atoms with van der Waals surface area (Å²) in [5.74, 6) is -0.891. The zero-order valence-corrected chi connectivity index (χ0v) is 22.4. The summed E-state index contributed by atoms with van der Waals surface area (Å²) in [6, 6.07) is 13.3. The van der Waals surface area contributed by atoms with E-state index in [1.54, 1.807) is 6.92 Å². The minimum atomic E-state index is -0.784. The van der Waals surface area contributed by atoms with Crippen molar-refractivity contribution in [1.82, 2.24) is 4.98 Å². The minimum absolute atomic E-state index is 0.164. The number of Topliss-reactive ketones (excluding diaryl/α,β-unsaturated/α-hetero) is 2. The van der Waals surface area contributed by atoms with Crippen LogP contribution in [0.4, 0.5) is 16.5 Å². The van der Waals surface area contributed by atoms with Crippen molar-refractivity contribution in [1.29, 1.82) is 0 Å². The van der Waals surface area contributed by atoms with Crippen LogP contribution in [0.3, 0.4) is 0 Å². The van der Waals surface area contributed by atoms with Crippen LogP contribution >= 0.6 is 11.3 Å². The number of rotatable bonds is 11. The van der Waals surface area contributed by atoms with E-state index in [1.807, 2.05) is 77.1 Å². The molecule has 0 unspecified atom stereocenters. The molecule has 0 atom stereocenters. The second-order valence-electron chi connectivity index (χ2n) is 9.11. The fourth-order valence-electron chi connectivity index (χ4n) is 3.82. The highest BCUT2D eigenvalue weighted by Crippen LogP contribution is 2.33. The van der Waals surface area contributed by atoms with E-state index in [2.05, 4.69) is 15.6 Å². The van der Waals surface area contributed by atoms with E-state index in [0.29, 0.717) is 28.0 Å². The highest BCUT2D eigenvalue weighted by atomic mass is 32.1. The number of aromatic nitrogens is 1. The highest BCUT2D eigenvalue weighted by Gasteiger charge is 2.24. The number of nitrogens with one attached hydrogen (secondary N) is 2. The highest BCUT2D eigenvalue weighted by molar-refractivity contribution is 7.17. The molecule has 1 amide bonds. The van der Waals surface area contributed by atoms with Crippen LogP contribution in [0.2, 0.25) is 0 Å². The van der Waals surface area contributed by atoms with E-state index in [-0.39, 0.29) is 11.8 Å². The van der Waals surface area contributed by atoms with E-state index in [0.717, 1.165) is 33.9 Å². The van der Waals surface area contributed by atoms with Gasteiger partial charge in [-0.15, -0.1) is 0 Å². The summed E-state index contributed by atoms with van der Waals surface area (Å²) in [5.41, 5.74) is 3.88. The molecule has 2 aromatic carbocycles. The molecule has 8 heteroatoms. The summed E-state index contributed by atoms with van der Waals surface area (Å²) in [5, 5.41) is 6.49. The number of nitrogens with zero attached hydrogens (tertiary/aromatic N) is 1. The zero-order chi connectivity index (χ0) is 26.4. The van der Waals surface area contributed by atoms with Crippen LogP contribution in [-0.4, -0.2) is 29.1 Å². The van der Waals surface area contributed by atoms with Gasteiger partial charge in [0.1, 0.15) is 5.75 Å². The van der Waals surface area contributed by atoms with Crippen LogP contribution in [0, 0.1) is 6.92 Å². The third-order valence-electron chi connectivity index (χ3n) is 5.65. The molecule has 2 N–H and O–H groups in total. The lowest BCUT2D eigenvalue weighted by molar-refractivity contribution is -0.134. The molecular formula is C28H33N3O4S.